The van der Waals surface area contributed by atoms with Crippen molar-refractivity contribution < 1.29 is 14.7 Å². The van der Waals surface area contributed by atoms with Gasteiger partial charge in [0.2, 0.25) is 5.91 Å². The lowest BCUT2D eigenvalue weighted by Crippen LogP contribution is -2.47. The van der Waals surface area contributed by atoms with E-state index < -0.39 is 0 Å². The number of amides is 3. The maximum absolute atomic E-state index is 12.8. The first-order valence-corrected chi connectivity index (χ1v) is 8.28. The number of hydrogen-bond donors (Lipinski definition) is 2. The molecule has 0 bridgehead atoms. The zero-order valence-electron chi connectivity index (χ0n) is 14.7. The molecule has 2 heterocycles. The first-order chi connectivity index (χ1) is 11.4. The van der Waals surface area contributed by atoms with Gasteiger partial charge in [-0.15, -0.1) is 0 Å². The van der Waals surface area contributed by atoms with Crippen LogP contribution in [0, 0.1) is 12.8 Å². The molecule has 134 valence electrons. The number of aromatic nitrogens is 2. The Labute approximate surface area is 142 Å². The molecule has 8 heteroatoms. The molecule has 2 N–H and O–H groups in total. The van der Waals surface area contributed by atoms with Gasteiger partial charge in [0, 0.05) is 39.6 Å². The van der Waals surface area contributed by atoms with E-state index in [1.54, 1.807) is 35.0 Å². The van der Waals surface area contributed by atoms with Gasteiger partial charge >= 0.3 is 6.03 Å². The summed E-state index contributed by atoms with van der Waals surface area (Å²) in [6.07, 6.45) is 3.02. The number of hydrogen-bond acceptors (Lipinski definition) is 4. The van der Waals surface area contributed by atoms with Gasteiger partial charge in [-0.1, -0.05) is 0 Å². The summed E-state index contributed by atoms with van der Waals surface area (Å²) in [7, 11) is 3.46. The Kier molecular flexibility index (Phi) is 6.19. The number of aryl methyl sites for hydroxylation is 1. The standard InChI is InChI=1S/C16H27N5O3/c1-12-17-10-14(18-12)11-21(8-9-22)15(23)13-4-6-20(7-5-13)16(24)19(2)3/h10,13,22H,4-9,11H2,1-3H3,(H,17,18). The molecule has 1 aliphatic heterocycles. The molecule has 0 saturated carbocycles. The van der Waals surface area contributed by atoms with E-state index in [1.807, 2.05) is 6.92 Å². The van der Waals surface area contributed by atoms with Gasteiger partial charge < -0.3 is 24.8 Å². The highest BCUT2D eigenvalue weighted by Crippen LogP contribution is 2.21. The smallest absolute Gasteiger partial charge is 0.319 e. The molecule has 1 fully saturated rings. The second kappa shape index (κ2) is 8.14. The molecule has 0 aromatic carbocycles. The van der Waals surface area contributed by atoms with Crippen LogP contribution < -0.4 is 0 Å². The Morgan fingerprint density at radius 1 is 1.38 bits per heavy atom. The van der Waals surface area contributed by atoms with Crippen LogP contribution in [0.3, 0.4) is 0 Å². The Morgan fingerprint density at radius 3 is 2.54 bits per heavy atom. The number of aromatic amines is 1. The van der Waals surface area contributed by atoms with Gasteiger partial charge in [-0.2, -0.15) is 0 Å². The molecule has 0 unspecified atom stereocenters. The minimum atomic E-state index is -0.105. The van der Waals surface area contributed by atoms with E-state index in [0.29, 0.717) is 39.0 Å². The third-order valence-corrected chi connectivity index (χ3v) is 4.30. The molecule has 0 aliphatic carbocycles. The molecule has 24 heavy (non-hydrogen) atoms. The van der Waals surface area contributed by atoms with Crippen molar-refractivity contribution in [1.82, 2.24) is 24.7 Å². The van der Waals surface area contributed by atoms with Gasteiger partial charge in [-0.3, -0.25) is 4.79 Å². The van der Waals surface area contributed by atoms with E-state index in [2.05, 4.69) is 9.97 Å². The second-order valence-corrected chi connectivity index (χ2v) is 6.42. The summed E-state index contributed by atoms with van der Waals surface area (Å²) in [6, 6.07) is -0.0129. The summed E-state index contributed by atoms with van der Waals surface area (Å²) in [5.74, 6) is 0.733. The Morgan fingerprint density at radius 2 is 2.04 bits per heavy atom. The number of imidazole rings is 1. The average Bonchev–Trinajstić information content (AvgIpc) is 2.98. The third-order valence-electron chi connectivity index (χ3n) is 4.30. The number of H-pyrrole nitrogens is 1. The number of nitrogens with zero attached hydrogens (tertiary/aromatic N) is 4. The van der Waals surface area contributed by atoms with E-state index in [-0.39, 0.29) is 24.5 Å². The number of aliphatic hydroxyl groups excluding tert-OH is 1. The van der Waals surface area contributed by atoms with Crippen LogP contribution in [0.4, 0.5) is 4.79 Å². The Hall–Kier alpha value is -2.09. The maximum atomic E-state index is 12.8. The summed E-state index contributed by atoms with van der Waals surface area (Å²) in [4.78, 5) is 37.0. The number of likely N-dealkylation sites (tertiary alicyclic amines) is 1. The monoisotopic (exact) mass is 337 g/mol. The van der Waals surface area contributed by atoms with Crippen LogP contribution in [0.5, 0.6) is 0 Å². The van der Waals surface area contributed by atoms with E-state index in [9.17, 15) is 14.7 Å². The van der Waals surface area contributed by atoms with Gasteiger partial charge in [-0.25, -0.2) is 9.78 Å². The number of aliphatic hydroxyl groups is 1. The summed E-state index contributed by atoms with van der Waals surface area (Å²) in [5.41, 5.74) is 0.856. The molecule has 3 amide bonds. The molecule has 8 nitrogen and oxygen atoms in total. The van der Waals surface area contributed by atoms with Crippen LogP contribution in [-0.2, 0) is 11.3 Å². The van der Waals surface area contributed by atoms with Gasteiger partial charge in [0.25, 0.3) is 0 Å². The minimum absolute atomic E-state index is 0.0129. The average molecular weight is 337 g/mol. The first-order valence-electron chi connectivity index (χ1n) is 8.28. The number of urea groups is 1. The maximum Gasteiger partial charge on any atom is 0.319 e. The largest absolute Gasteiger partial charge is 0.395 e. The molecular weight excluding hydrogens is 310 g/mol. The number of carbonyl (C=O) groups is 2. The minimum Gasteiger partial charge on any atom is -0.395 e. The number of nitrogens with one attached hydrogen (secondary N) is 1. The highest BCUT2D eigenvalue weighted by molar-refractivity contribution is 5.79. The zero-order chi connectivity index (χ0) is 17.7. The molecule has 1 aliphatic rings. The fraction of sp³-hybridized carbons (Fsp3) is 0.688. The van der Waals surface area contributed by atoms with Crippen molar-refractivity contribution in [2.75, 3.05) is 40.3 Å². The van der Waals surface area contributed by atoms with E-state index in [0.717, 1.165) is 11.5 Å². The van der Waals surface area contributed by atoms with Crippen LogP contribution in [0.1, 0.15) is 24.4 Å². The van der Waals surface area contributed by atoms with Crippen LogP contribution in [-0.4, -0.2) is 82.0 Å². The topological polar surface area (TPSA) is 92.8 Å². The molecular formula is C16H27N5O3. The molecule has 2 rings (SSSR count). The molecule has 0 spiro atoms. The lowest BCUT2D eigenvalue weighted by Gasteiger charge is -2.35. The molecule has 1 aromatic heterocycles. The molecule has 0 atom stereocenters. The highest BCUT2D eigenvalue weighted by atomic mass is 16.3. The van der Waals surface area contributed by atoms with Crippen molar-refractivity contribution in [3.05, 3.63) is 17.7 Å². The number of rotatable bonds is 5. The molecule has 0 radical (unpaired) electrons. The zero-order valence-corrected chi connectivity index (χ0v) is 14.7. The van der Waals surface area contributed by atoms with Gasteiger partial charge in [0.15, 0.2) is 0 Å². The number of carbonyl (C=O) groups excluding carboxylic acids is 2. The number of piperidine rings is 1. The quantitative estimate of drug-likeness (QED) is 0.815. The van der Waals surface area contributed by atoms with Crippen molar-refractivity contribution in [2.45, 2.75) is 26.3 Å². The van der Waals surface area contributed by atoms with E-state index in [4.69, 9.17) is 0 Å². The SMILES string of the molecule is Cc1ncc(CN(CCO)C(=O)C2CCN(C(=O)N(C)C)CC2)[nH]1. The fourth-order valence-electron chi connectivity index (χ4n) is 3.00. The van der Waals surface area contributed by atoms with Crippen LogP contribution >= 0.6 is 0 Å². The molecule has 1 aromatic rings. The van der Waals surface area contributed by atoms with Gasteiger partial charge in [0.05, 0.1) is 25.0 Å². The summed E-state index contributed by atoms with van der Waals surface area (Å²) < 4.78 is 0. The van der Waals surface area contributed by atoms with Crippen molar-refractivity contribution in [2.24, 2.45) is 5.92 Å². The lowest BCUT2D eigenvalue weighted by molar-refractivity contribution is -0.138. The van der Waals surface area contributed by atoms with E-state index in [1.165, 1.54) is 0 Å². The summed E-state index contributed by atoms with van der Waals surface area (Å²) in [5, 5.41) is 9.26. The Balaban J connectivity index is 1.94. The normalized spacial score (nSPS) is 15.4. The van der Waals surface area contributed by atoms with E-state index >= 15 is 0 Å². The predicted octanol–water partition coefficient (Wildman–Crippen LogP) is 0.433. The van der Waals surface area contributed by atoms with Crippen LogP contribution in [0.2, 0.25) is 0 Å². The highest BCUT2D eigenvalue weighted by Gasteiger charge is 2.30. The summed E-state index contributed by atoms with van der Waals surface area (Å²) >= 11 is 0. The summed E-state index contributed by atoms with van der Waals surface area (Å²) in [6.45, 7) is 3.67. The predicted molar refractivity (Wildman–Crippen MR) is 89.2 cm³/mol. The molecule has 1 saturated heterocycles. The fourth-order valence-corrected chi connectivity index (χ4v) is 3.00. The van der Waals surface area contributed by atoms with Crippen LogP contribution in [0.25, 0.3) is 0 Å². The lowest BCUT2D eigenvalue weighted by atomic mass is 9.95. The van der Waals surface area contributed by atoms with Crippen molar-refractivity contribution in [1.29, 1.82) is 0 Å². The van der Waals surface area contributed by atoms with Crippen molar-refractivity contribution >= 4 is 11.9 Å². The Bertz CT molecular complexity index is 564. The second-order valence-electron chi connectivity index (χ2n) is 6.42. The first kappa shape index (κ1) is 18.3. The van der Waals surface area contributed by atoms with Crippen LogP contribution in [0.15, 0.2) is 6.20 Å². The third kappa shape index (κ3) is 4.47. The van der Waals surface area contributed by atoms with Crippen molar-refractivity contribution in [3.8, 4) is 0 Å². The van der Waals surface area contributed by atoms with Gasteiger partial charge in [-0.05, 0) is 19.8 Å². The van der Waals surface area contributed by atoms with Crippen molar-refractivity contribution in [3.63, 3.8) is 0 Å². The van der Waals surface area contributed by atoms with Gasteiger partial charge in [0.1, 0.15) is 5.82 Å².